The number of hydrogen-bond donors (Lipinski definition) is 0. The molecular weight excluding hydrogens is 248 g/mol. The molecule has 2 heterocycles. The largest absolute Gasteiger partial charge is 0.339 e. The van der Waals surface area contributed by atoms with Crippen molar-refractivity contribution in [2.75, 3.05) is 6.26 Å². The average molecular weight is 264 g/mol. The van der Waals surface area contributed by atoms with Crippen molar-refractivity contribution in [1.29, 1.82) is 0 Å². The predicted octanol–water partition coefficient (Wildman–Crippen LogP) is 0.394. The van der Waals surface area contributed by atoms with Crippen LogP contribution in [0.5, 0.6) is 0 Å². The van der Waals surface area contributed by atoms with Gasteiger partial charge in [-0.25, -0.2) is 0 Å². The van der Waals surface area contributed by atoms with Crippen LogP contribution in [-0.4, -0.2) is 45.1 Å². The van der Waals surface area contributed by atoms with E-state index in [1.807, 2.05) is 0 Å². The lowest BCUT2D eigenvalue weighted by Crippen LogP contribution is -2.37. The zero-order valence-corrected chi connectivity index (χ0v) is 10.8. The maximum atomic E-state index is 11.2. The van der Waals surface area contributed by atoms with E-state index in [0.717, 1.165) is 6.26 Å². The summed E-state index contributed by atoms with van der Waals surface area (Å²) in [6.07, 6.45) is -0.0393. The van der Waals surface area contributed by atoms with Crippen LogP contribution in [0.1, 0.15) is 13.8 Å². The minimum Gasteiger partial charge on any atom is -0.339 e. The van der Waals surface area contributed by atoms with Crippen molar-refractivity contribution in [3.8, 4) is 0 Å². The molecule has 6 nitrogen and oxygen atoms in total. The van der Waals surface area contributed by atoms with Crippen LogP contribution in [0.2, 0.25) is 0 Å². The van der Waals surface area contributed by atoms with Crippen LogP contribution in [0.4, 0.5) is 0 Å². The molecule has 2 aliphatic rings. The highest BCUT2D eigenvalue weighted by Crippen LogP contribution is 2.39. The molecule has 0 aliphatic carbocycles. The molecule has 2 fully saturated rings. The molecule has 98 valence electrons. The third-order valence-electron chi connectivity index (χ3n) is 2.55. The Bertz CT molecular complexity index is 415. The standard InChI is InChI=1S/C10H16O6S/c1-5-6-7(16-17(4,11)12)8-9(13-6)15-10(2,3)14-8/h5-9H,1H2,2-4H3/t6-,7+,8+,9+/m0/s1. The topological polar surface area (TPSA) is 71.1 Å². The Morgan fingerprint density at radius 1 is 1.35 bits per heavy atom. The summed E-state index contributed by atoms with van der Waals surface area (Å²) in [5, 5.41) is 0. The third kappa shape index (κ3) is 2.69. The molecule has 0 aromatic carbocycles. The Morgan fingerprint density at radius 2 is 2.00 bits per heavy atom. The summed E-state index contributed by atoms with van der Waals surface area (Å²) in [4.78, 5) is 0. The van der Waals surface area contributed by atoms with E-state index in [2.05, 4.69) is 6.58 Å². The van der Waals surface area contributed by atoms with Gasteiger partial charge in [0.2, 0.25) is 0 Å². The summed E-state index contributed by atoms with van der Waals surface area (Å²) in [6.45, 7) is 7.04. The van der Waals surface area contributed by atoms with E-state index >= 15 is 0 Å². The highest BCUT2D eigenvalue weighted by Gasteiger charge is 2.55. The van der Waals surface area contributed by atoms with E-state index in [-0.39, 0.29) is 0 Å². The molecule has 0 saturated carbocycles. The fraction of sp³-hybridized carbons (Fsp3) is 0.800. The molecule has 2 rings (SSSR count). The van der Waals surface area contributed by atoms with Crippen molar-refractivity contribution in [2.45, 2.75) is 44.2 Å². The Labute approximate surface area is 101 Å². The summed E-state index contributed by atoms with van der Waals surface area (Å²) >= 11 is 0. The molecule has 0 bridgehead atoms. The van der Waals surface area contributed by atoms with Gasteiger partial charge in [0.05, 0.1) is 6.26 Å². The van der Waals surface area contributed by atoms with Gasteiger partial charge in [0.15, 0.2) is 12.1 Å². The van der Waals surface area contributed by atoms with Gasteiger partial charge in [-0.3, -0.25) is 4.18 Å². The number of hydrogen-bond acceptors (Lipinski definition) is 6. The zero-order valence-electron chi connectivity index (χ0n) is 9.95. The lowest BCUT2D eigenvalue weighted by Gasteiger charge is -2.23. The van der Waals surface area contributed by atoms with Crippen LogP contribution in [0.3, 0.4) is 0 Å². The van der Waals surface area contributed by atoms with Gasteiger partial charge in [-0.15, -0.1) is 6.58 Å². The Balaban J connectivity index is 2.19. The monoisotopic (exact) mass is 264 g/mol. The van der Waals surface area contributed by atoms with Gasteiger partial charge in [-0.1, -0.05) is 6.08 Å². The fourth-order valence-corrected chi connectivity index (χ4v) is 2.63. The molecule has 17 heavy (non-hydrogen) atoms. The van der Waals surface area contributed by atoms with E-state index in [9.17, 15) is 8.42 Å². The lowest BCUT2D eigenvalue weighted by molar-refractivity contribution is -0.207. The first-order valence-corrected chi connectivity index (χ1v) is 7.05. The number of rotatable bonds is 3. The van der Waals surface area contributed by atoms with Crippen molar-refractivity contribution in [2.24, 2.45) is 0 Å². The van der Waals surface area contributed by atoms with Crippen LogP contribution >= 0.6 is 0 Å². The van der Waals surface area contributed by atoms with Crippen molar-refractivity contribution in [3.05, 3.63) is 12.7 Å². The molecule has 0 aromatic rings. The van der Waals surface area contributed by atoms with Crippen LogP contribution in [-0.2, 0) is 28.5 Å². The number of fused-ring (bicyclic) bond motifs is 1. The normalized spacial score (nSPS) is 40.2. The second-order valence-corrected chi connectivity index (χ2v) is 6.17. The lowest BCUT2D eigenvalue weighted by atomic mass is 10.1. The quantitative estimate of drug-likeness (QED) is 0.542. The van der Waals surface area contributed by atoms with E-state index < -0.39 is 40.5 Å². The minimum atomic E-state index is -3.59. The van der Waals surface area contributed by atoms with Gasteiger partial charge >= 0.3 is 0 Å². The van der Waals surface area contributed by atoms with Gasteiger partial charge in [-0.05, 0) is 13.8 Å². The van der Waals surface area contributed by atoms with Gasteiger partial charge in [0.1, 0.15) is 18.3 Å². The number of ether oxygens (including phenoxy) is 3. The van der Waals surface area contributed by atoms with Gasteiger partial charge in [-0.2, -0.15) is 8.42 Å². The first-order chi connectivity index (χ1) is 7.72. The van der Waals surface area contributed by atoms with Crippen molar-refractivity contribution in [3.63, 3.8) is 0 Å². The highest BCUT2D eigenvalue weighted by atomic mass is 32.2. The average Bonchev–Trinajstić information content (AvgIpc) is 2.58. The van der Waals surface area contributed by atoms with Gasteiger partial charge in [0, 0.05) is 0 Å². The molecule has 7 heteroatoms. The second-order valence-electron chi connectivity index (χ2n) is 4.57. The van der Waals surface area contributed by atoms with Gasteiger partial charge < -0.3 is 14.2 Å². The smallest absolute Gasteiger partial charge is 0.264 e. The molecule has 0 aromatic heterocycles. The van der Waals surface area contributed by atoms with Crippen LogP contribution in [0, 0.1) is 0 Å². The van der Waals surface area contributed by atoms with Crippen LogP contribution in [0.15, 0.2) is 12.7 Å². The molecule has 0 unspecified atom stereocenters. The van der Waals surface area contributed by atoms with Crippen molar-refractivity contribution < 1.29 is 26.8 Å². The molecule has 0 amide bonds. The summed E-state index contributed by atoms with van der Waals surface area (Å²) in [7, 11) is -3.59. The molecule has 0 N–H and O–H groups in total. The van der Waals surface area contributed by atoms with E-state index in [1.165, 1.54) is 6.08 Å². The minimum absolute atomic E-state index is 0.559. The molecule has 0 spiro atoms. The Morgan fingerprint density at radius 3 is 2.53 bits per heavy atom. The van der Waals surface area contributed by atoms with Crippen molar-refractivity contribution >= 4 is 10.1 Å². The zero-order chi connectivity index (χ0) is 12.8. The highest BCUT2D eigenvalue weighted by molar-refractivity contribution is 7.86. The first kappa shape index (κ1) is 13.0. The summed E-state index contributed by atoms with van der Waals surface area (Å²) in [6, 6.07) is 0. The molecule has 0 radical (unpaired) electrons. The summed E-state index contributed by atoms with van der Waals surface area (Å²) < 4.78 is 43.9. The molecule has 4 atom stereocenters. The SMILES string of the molecule is C=C[C@@H]1O[C@@H]2OC(C)(C)O[C@@H]2[C@@H]1OS(C)(=O)=O. The van der Waals surface area contributed by atoms with E-state index in [1.54, 1.807) is 13.8 Å². The molecule has 2 saturated heterocycles. The fourth-order valence-electron chi connectivity index (χ4n) is 2.01. The van der Waals surface area contributed by atoms with Gasteiger partial charge in [0.25, 0.3) is 10.1 Å². The predicted molar refractivity (Wildman–Crippen MR) is 58.6 cm³/mol. The maximum Gasteiger partial charge on any atom is 0.264 e. The Kier molecular flexibility index (Phi) is 3.07. The van der Waals surface area contributed by atoms with E-state index in [4.69, 9.17) is 18.4 Å². The molecular formula is C10H16O6S. The maximum absolute atomic E-state index is 11.2. The Hall–Kier alpha value is -0.470. The van der Waals surface area contributed by atoms with E-state index in [0.29, 0.717) is 0 Å². The second kappa shape index (κ2) is 4.03. The van der Waals surface area contributed by atoms with Crippen LogP contribution < -0.4 is 0 Å². The summed E-state index contributed by atoms with van der Waals surface area (Å²) in [5.74, 6) is -0.805. The molecule has 2 aliphatic heterocycles. The summed E-state index contributed by atoms with van der Waals surface area (Å²) in [5.41, 5.74) is 0. The van der Waals surface area contributed by atoms with Crippen molar-refractivity contribution in [1.82, 2.24) is 0 Å². The third-order valence-corrected chi connectivity index (χ3v) is 3.12. The van der Waals surface area contributed by atoms with Crippen LogP contribution in [0.25, 0.3) is 0 Å². The first-order valence-electron chi connectivity index (χ1n) is 5.24.